The van der Waals surface area contributed by atoms with Gasteiger partial charge in [0, 0.05) is 28.0 Å². The van der Waals surface area contributed by atoms with Gasteiger partial charge in [-0.05, 0) is 36.4 Å². The summed E-state index contributed by atoms with van der Waals surface area (Å²) in [4.78, 5) is -0.752. The van der Waals surface area contributed by atoms with Crippen molar-refractivity contribution >= 4 is 20.8 Å². The van der Waals surface area contributed by atoms with Gasteiger partial charge in [0.2, 0.25) is 10.0 Å². The Morgan fingerprint density at radius 3 is 2.21 bits per heavy atom. The lowest BCUT2D eigenvalue weighted by Crippen LogP contribution is -2.26. The van der Waals surface area contributed by atoms with Crippen molar-refractivity contribution in [2.45, 2.75) is 27.4 Å². The van der Waals surface area contributed by atoms with Crippen molar-refractivity contribution in [3.8, 4) is 11.5 Å². The number of ether oxygens (including phenoxy) is 2. The number of rotatable bonds is 8. The standard InChI is InChI=1S/C22H20F3NO5S2/c1-30-16-9-8-15(20(12-16)31-2)14-26-33(28,29)21-13-18(10-11-19(21)22(23,24)25)32(27)17-6-4-3-5-7-17/h3-13,26H,14H2,1-2H3. The largest absolute Gasteiger partial charge is 0.497 e. The predicted molar refractivity (Wildman–Crippen MR) is 116 cm³/mol. The molecule has 0 aliphatic carbocycles. The average Bonchev–Trinajstić information content (AvgIpc) is 2.81. The molecular formula is C22H20F3NO5S2. The van der Waals surface area contributed by atoms with Crippen LogP contribution in [0, 0.1) is 0 Å². The van der Waals surface area contributed by atoms with Crippen molar-refractivity contribution in [1.82, 2.24) is 4.72 Å². The molecule has 11 heteroatoms. The Bertz CT molecular complexity index is 1260. The minimum Gasteiger partial charge on any atom is -0.497 e. The second kappa shape index (κ2) is 9.94. The van der Waals surface area contributed by atoms with E-state index in [0.717, 1.165) is 12.1 Å². The molecule has 0 saturated carbocycles. The molecule has 0 heterocycles. The van der Waals surface area contributed by atoms with Gasteiger partial charge < -0.3 is 9.47 Å². The zero-order valence-corrected chi connectivity index (χ0v) is 19.2. The normalized spacial score (nSPS) is 12.9. The fourth-order valence-electron chi connectivity index (χ4n) is 3.00. The van der Waals surface area contributed by atoms with Gasteiger partial charge in [0.05, 0.1) is 35.5 Å². The van der Waals surface area contributed by atoms with E-state index in [9.17, 15) is 25.8 Å². The van der Waals surface area contributed by atoms with Crippen LogP contribution in [0.25, 0.3) is 0 Å². The fourth-order valence-corrected chi connectivity index (χ4v) is 5.43. The molecule has 3 aromatic carbocycles. The van der Waals surface area contributed by atoms with Crippen LogP contribution in [0.3, 0.4) is 0 Å². The van der Waals surface area contributed by atoms with E-state index in [1.807, 2.05) is 0 Å². The lowest BCUT2D eigenvalue weighted by Gasteiger charge is -2.16. The monoisotopic (exact) mass is 499 g/mol. The van der Waals surface area contributed by atoms with E-state index in [4.69, 9.17) is 9.47 Å². The molecule has 1 N–H and O–H groups in total. The first-order valence-corrected chi connectivity index (χ1v) is 12.1. The average molecular weight is 500 g/mol. The van der Waals surface area contributed by atoms with Gasteiger partial charge in [-0.2, -0.15) is 13.2 Å². The number of hydrogen-bond donors (Lipinski definition) is 1. The Balaban J connectivity index is 1.99. The van der Waals surface area contributed by atoms with Gasteiger partial charge in [0.25, 0.3) is 0 Å². The van der Waals surface area contributed by atoms with Crippen molar-refractivity contribution in [3.05, 3.63) is 77.9 Å². The molecule has 33 heavy (non-hydrogen) atoms. The second-order valence-electron chi connectivity index (χ2n) is 6.74. The molecule has 6 nitrogen and oxygen atoms in total. The van der Waals surface area contributed by atoms with E-state index in [1.165, 1.54) is 38.5 Å². The maximum Gasteiger partial charge on any atom is 0.417 e. The summed E-state index contributed by atoms with van der Waals surface area (Å²) in [6, 6.07) is 15.1. The SMILES string of the molecule is COc1ccc(CNS(=O)(=O)c2cc(S(=O)c3ccccc3)ccc2C(F)(F)F)c(OC)c1. The minimum absolute atomic E-state index is 0.0726. The molecule has 0 amide bonds. The van der Waals surface area contributed by atoms with Gasteiger partial charge in [0.15, 0.2) is 0 Å². The van der Waals surface area contributed by atoms with E-state index in [0.29, 0.717) is 28.0 Å². The summed E-state index contributed by atoms with van der Waals surface area (Å²) in [5.74, 6) is 0.765. The quantitative estimate of drug-likeness (QED) is 0.498. The molecule has 0 aliphatic heterocycles. The maximum atomic E-state index is 13.6. The minimum atomic E-state index is -4.94. The van der Waals surface area contributed by atoms with E-state index in [2.05, 4.69) is 4.72 Å². The number of nitrogens with one attached hydrogen (secondary N) is 1. The molecular weight excluding hydrogens is 479 g/mol. The second-order valence-corrected chi connectivity index (χ2v) is 9.96. The summed E-state index contributed by atoms with van der Waals surface area (Å²) in [5.41, 5.74) is -0.968. The van der Waals surface area contributed by atoms with Crippen LogP contribution in [0.4, 0.5) is 13.2 Å². The van der Waals surface area contributed by atoms with Gasteiger partial charge in [-0.1, -0.05) is 24.3 Å². The molecule has 0 saturated heterocycles. The number of alkyl halides is 3. The predicted octanol–water partition coefficient (Wildman–Crippen LogP) is 4.37. The van der Waals surface area contributed by atoms with Gasteiger partial charge in [0.1, 0.15) is 11.5 Å². The highest BCUT2D eigenvalue weighted by atomic mass is 32.2. The zero-order valence-electron chi connectivity index (χ0n) is 17.5. The number of hydrogen-bond acceptors (Lipinski definition) is 5. The highest BCUT2D eigenvalue weighted by Gasteiger charge is 2.37. The van der Waals surface area contributed by atoms with Crippen molar-refractivity contribution in [3.63, 3.8) is 0 Å². The topological polar surface area (TPSA) is 81.7 Å². The van der Waals surface area contributed by atoms with Crippen LogP contribution >= 0.6 is 0 Å². The van der Waals surface area contributed by atoms with E-state index >= 15 is 0 Å². The van der Waals surface area contributed by atoms with Crippen molar-refractivity contribution < 1.29 is 35.3 Å². The van der Waals surface area contributed by atoms with Crippen LogP contribution < -0.4 is 14.2 Å². The van der Waals surface area contributed by atoms with Crippen LogP contribution in [0.5, 0.6) is 11.5 Å². The Labute approximate surface area is 191 Å². The third-order valence-electron chi connectivity index (χ3n) is 4.67. The lowest BCUT2D eigenvalue weighted by atomic mass is 10.2. The first-order chi connectivity index (χ1) is 15.6. The van der Waals surface area contributed by atoms with Crippen molar-refractivity contribution in [2.24, 2.45) is 0 Å². The Hall–Kier alpha value is -2.89. The smallest absolute Gasteiger partial charge is 0.417 e. The summed E-state index contributed by atoms with van der Waals surface area (Å²) in [7, 11) is -3.69. The summed E-state index contributed by atoms with van der Waals surface area (Å²) in [6.45, 7) is -0.335. The van der Waals surface area contributed by atoms with Crippen LogP contribution in [-0.2, 0) is 33.5 Å². The zero-order chi connectivity index (χ0) is 24.2. The third kappa shape index (κ3) is 5.73. The fraction of sp³-hybridized carbons (Fsp3) is 0.182. The van der Waals surface area contributed by atoms with Crippen LogP contribution in [0.15, 0.2) is 81.4 Å². The lowest BCUT2D eigenvalue weighted by molar-refractivity contribution is -0.139. The number of halogens is 3. The third-order valence-corrected chi connectivity index (χ3v) is 7.49. The molecule has 0 bridgehead atoms. The number of sulfonamides is 1. The molecule has 0 spiro atoms. The summed E-state index contributed by atoms with van der Waals surface area (Å²) < 4.78 is 91.9. The van der Waals surface area contributed by atoms with Crippen LogP contribution in [0.1, 0.15) is 11.1 Å². The van der Waals surface area contributed by atoms with Gasteiger partial charge in [-0.3, -0.25) is 0 Å². The molecule has 0 aromatic heterocycles. The molecule has 0 fully saturated rings. The molecule has 0 radical (unpaired) electrons. The van der Waals surface area contributed by atoms with Crippen molar-refractivity contribution in [1.29, 1.82) is 0 Å². The molecule has 1 atom stereocenters. The van der Waals surface area contributed by atoms with Gasteiger partial charge in [-0.15, -0.1) is 0 Å². The van der Waals surface area contributed by atoms with Crippen molar-refractivity contribution in [2.75, 3.05) is 14.2 Å². The Morgan fingerprint density at radius 1 is 0.909 bits per heavy atom. The molecule has 0 aliphatic rings. The summed E-state index contributed by atoms with van der Waals surface area (Å²) in [5, 5.41) is 0. The van der Waals surface area contributed by atoms with E-state index in [1.54, 1.807) is 24.3 Å². The highest BCUT2D eigenvalue weighted by molar-refractivity contribution is 7.89. The summed E-state index contributed by atoms with van der Waals surface area (Å²) in [6.07, 6.45) is -4.94. The van der Waals surface area contributed by atoms with Crippen LogP contribution in [-0.4, -0.2) is 26.8 Å². The van der Waals surface area contributed by atoms with Gasteiger partial charge in [-0.25, -0.2) is 17.3 Å². The number of methoxy groups -OCH3 is 2. The first kappa shape index (κ1) is 24.7. The van der Waals surface area contributed by atoms with E-state index in [-0.39, 0.29) is 11.4 Å². The molecule has 3 aromatic rings. The Kier molecular flexibility index (Phi) is 7.45. The summed E-state index contributed by atoms with van der Waals surface area (Å²) >= 11 is 0. The molecule has 1 unspecified atom stereocenters. The molecule has 176 valence electrons. The van der Waals surface area contributed by atoms with Gasteiger partial charge >= 0.3 is 6.18 Å². The Morgan fingerprint density at radius 2 is 1.61 bits per heavy atom. The maximum absolute atomic E-state index is 13.6. The number of benzene rings is 3. The van der Waals surface area contributed by atoms with Crippen LogP contribution in [0.2, 0.25) is 0 Å². The van der Waals surface area contributed by atoms with E-state index < -0.39 is 37.5 Å². The first-order valence-electron chi connectivity index (χ1n) is 9.45. The highest BCUT2D eigenvalue weighted by Crippen LogP contribution is 2.36. The molecule has 3 rings (SSSR count).